The summed E-state index contributed by atoms with van der Waals surface area (Å²) in [6.07, 6.45) is 1.41. The summed E-state index contributed by atoms with van der Waals surface area (Å²) < 4.78 is 15.1. The molecule has 0 aliphatic heterocycles. The zero-order valence-corrected chi connectivity index (χ0v) is 21.4. The highest BCUT2D eigenvalue weighted by molar-refractivity contribution is 5.96. The van der Waals surface area contributed by atoms with Gasteiger partial charge in [-0.25, -0.2) is 0 Å². The van der Waals surface area contributed by atoms with Crippen LogP contribution in [0.25, 0.3) is 0 Å². The standard InChI is InChI=1S/C30H33NO6/c1-35-24-17-15-22(16-18-24)25(19-14-21-10-6-4-7-11-21)27(20-26(29(33)36-2)30(34)37-3)31-28(32)23-12-8-5-9-13-23/h4-13,15-18,25-27H,14,19-20H2,1-3H3,(H,31,32). The fraction of sp³-hybridized carbons (Fsp3) is 0.300. The fourth-order valence-corrected chi connectivity index (χ4v) is 4.41. The van der Waals surface area contributed by atoms with Crippen molar-refractivity contribution in [3.63, 3.8) is 0 Å². The molecule has 194 valence electrons. The van der Waals surface area contributed by atoms with Gasteiger partial charge in [-0.15, -0.1) is 0 Å². The number of ether oxygens (including phenoxy) is 3. The first-order chi connectivity index (χ1) is 18.0. The van der Waals surface area contributed by atoms with E-state index in [1.165, 1.54) is 14.2 Å². The number of aryl methyl sites for hydroxylation is 1. The van der Waals surface area contributed by atoms with Crippen LogP contribution in [0.15, 0.2) is 84.9 Å². The molecule has 0 spiro atoms. The van der Waals surface area contributed by atoms with E-state index in [1.807, 2.05) is 60.7 Å². The van der Waals surface area contributed by atoms with Gasteiger partial charge in [0.25, 0.3) is 5.91 Å². The largest absolute Gasteiger partial charge is 0.497 e. The highest BCUT2D eigenvalue weighted by atomic mass is 16.5. The summed E-state index contributed by atoms with van der Waals surface area (Å²) in [7, 11) is 4.06. The van der Waals surface area contributed by atoms with Gasteiger partial charge in [-0.2, -0.15) is 0 Å². The number of carbonyl (C=O) groups is 3. The summed E-state index contributed by atoms with van der Waals surface area (Å²) in [5.74, 6) is -2.41. The van der Waals surface area contributed by atoms with Crippen LogP contribution >= 0.6 is 0 Å². The third kappa shape index (κ3) is 7.67. The summed E-state index contributed by atoms with van der Waals surface area (Å²) in [4.78, 5) is 38.4. The van der Waals surface area contributed by atoms with E-state index in [9.17, 15) is 14.4 Å². The zero-order valence-electron chi connectivity index (χ0n) is 21.4. The number of esters is 2. The summed E-state index contributed by atoms with van der Waals surface area (Å²) in [6.45, 7) is 0. The Hall–Kier alpha value is -4.13. The molecule has 3 aromatic rings. The molecule has 37 heavy (non-hydrogen) atoms. The minimum atomic E-state index is -1.19. The van der Waals surface area contributed by atoms with Crippen molar-refractivity contribution in [1.29, 1.82) is 0 Å². The van der Waals surface area contributed by atoms with Crippen LogP contribution < -0.4 is 10.1 Å². The Labute approximate surface area is 217 Å². The second kappa shape index (κ2) is 13.8. The highest BCUT2D eigenvalue weighted by Crippen LogP contribution is 2.31. The van der Waals surface area contributed by atoms with Crippen LogP contribution in [-0.2, 0) is 25.5 Å². The average Bonchev–Trinajstić information content (AvgIpc) is 2.96. The molecule has 0 fully saturated rings. The Bertz CT molecular complexity index is 1130. The topological polar surface area (TPSA) is 90.9 Å². The van der Waals surface area contributed by atoms with Gasteiger partial charge in [0.15, 0.2) is 5.92 Å². The van der Waals surface area contributed by atoms with Gasteiger partial charge in [-0.3, -0.25) is 14.4 Å². The smallest absolute Gasteiger partial charge is 0.320 e. The van der Waals surface area contributed by atoms with E-state index in [1.54, 1.807) is 31.4 Å². The summed E-state index contributed by atoms with van der Waals surface area (Å²) in [5.41, 5.74) is 2.58. The van der Waals surface area contributed by atoms with E-state index in [2.05, 4.69) is 5.32 Å². The Morgan fingerprint density at radius 2 is 1.32 bits per heavy atom. The average molecular weight is 504 g/mol. The Balaban J connectivity index is 2.01. The van der Waals surface area contributed by atoms with Crippen LogP contribution in [0, 0.1) is 5.92 Å². The van der Waals surface area contributed by atoms with Gasteiger partial charge in [0.05, 0.1) is 21.3 Å². The lowest BCUT2D eigenvalue weighted by Gasteiger charge is -2.31. The van der Waals surface area contributed by atoms with Gasteiger partial charge in [-0.1, -0.05) is 60.7 Å². The van der Waals surface area contributed by atoms with Crippen LogP contribution in [0.3, 0.4) is 0 Å². The molecule has 0 saturated heterocycles. The first-order valence-corrected chi connectivity index (χ1v) is 12.2. The molecular weight excluding hydrogens is 470 g/mol. The van der Waals surface area contributed by atoms with Crippen LogP contribution in [0.5, 0.6) is 5.75 Å². The van der Waals surface area contributed by atoms with Crippen molar-refractivity contribution < 1.29 is 28.6 Å². The van der Waals surface area contributed by atoms with Crippen molar-refractivity contribution in [3.05, 3.63) is 102 Å². The number of benzene rings is 3. The lowest BCUT2D eigenvalue weighted by molar-refractivity contribution is -0.159. The van der Waals surface area contributed by atoms with E-state index in [-0.39, 0.29) is 18.2 Å². The predicted octanol–water partition coefficient (Wildman–Crippen LogP) is 4.56. The molecule has 7 heteroatoms. The minimum Gasteiger partial charge on any atom is -0.497 e. The van der Waals surface area contributed by atoms with Gasteiger partial charge in [0.2, 0.25) is 0 Å². The molecule has 0 aliphatic rings. The lowest BCUT2D eigenvalue weighted by atomic mass is 9.81. The second-order valence-electron chi connectivity index (χ2n) is 8.68. The normalized spacial score (nSPS) is 12.3. The van der Waals surface area contributed by atoms with Crippen LogP contribution in [-0.4, -0.2) is 45.2 Å². The lowest BCUT2D eigenvalue weighted by Crippen LogP contribution is -2.43. The molecule has 0 aliphatic carbocycles. The van der Waals surface area contributed by atoms with Crippen molar-refractivity contribution in [1.82, 2.24) is 5.32 Å². The summed E-state index contributed by atoms with van der Waals surface area (Å²) >= 11 is 0. The predicted molar refractivity (Wildman–Crippen MR) is 140 cm³/mol. The molecule has 0 radical (unpaired) electrons. The number of carbonyl (C=O) groups excluding carboxylic acids is 3. The molecule has 0 saturated carbocycles. The molecule has 1 amide bonds. The van der Waals surface area contributed by atoms with Crippen LogP contribution in [0.4, 0.5) is 0 Å². The van der Waals surface area contributed by atoms with Crippen molar-refractivity contribution in [3.8, 4) is 5.75 Å². The number of amides is 1. The quantitative estimate of drug-likeness (QED) is 0.288. The maximum absolute atomic E-state index is 13.3. The van der Waals surface area contributed by atoms with Gasteiger partial charge in [0, 0.05) is 17.5 Å². The summed E-state index contributed by atoms with van der Waals surface area (Å²) in [5, 5.41) is 3.10. The molecule has 0 heterocycles. The first-order valence-electron chi connectivity index (χ1n) is 12.2. The number of rotatable bonds is 12. The molecule has 3 rings (SSSR count). The summed E-state index contributed by atoms with van der Waals surface area (Å²) in [6, 6.07) is 25.9. The SMILES string of the molecule is COC(=O)C(CC(NC(=O)c1ccccc1)C(CCc1ccccc1)c1ccc(OC)cc1)C(=O)OC. The third-order valence-corrected chi connectivity index (χ3v) is 6.43. The number of hydrogen-bond acceptors (Lipinski definition) is 6. The highest BCUT2D eigenvalue weighted by Gasteiger charge is 2.36. The Morgan fingerprint density at radius 1 is 0.757 bits per heavy atom. The van der Waals surface area contributed by atoms with E-state index in [0.29, 0.717) is 17.7 Å². The van der Waals surface area contributed by atoms with Crippen molar-refractivity contribution in [2.24, 2.45) is 5.92 Å². The van der Waals surface area contributed by atoms with Crippen molar-refractivity contribution in [2.45, 2.75) is 31.2 Å². The Morgan fingerprint density at radius 3 is 1.86 bits per heavy atom. The molecule has 2 unspecified atom stereocenters. The van der Waals surface area contributed by atoms with E-state index in [4.69, 9.17) is 14.2 Å². The fourth-order valence-electron chi connectivity index (χ4n) is 4.41. The van der Waals surface area contributed by atoms with E-state index >= 15 is 0 Å². The number of hydrogen-bond donors (Lipinski definition) is 1. The molecule has 2 atom stereocenters. The Kier molecular flexibility index (Phi) is 10.3. The van der Waals surface area contributed by atoms with Crippen LogP contribution in [0.2, 0.25) is 0 Å². The number of methoxy groups -OCH3 is 3. The zero-order chi connectivity index (χ0) is 26.6. The first kappa shape index (κ1) is 27.5. The van der Waals surface area contributed by atoms with Crippen molar-refractivity contribution >= 4 is 17.8 Å². The molecule has 3 aromatic carbocycles. The molecular formula is C30H33NO6. The number of nitrogens with one attached hydrogen (secondary N) is 1. The maximum Gasteiger partial charge on any atom is 0.320 e. The third-order valence-electron chi connectivity index (χ3n) is 6.43. The molecule has 1 N–H and O–H groups in total. The molecule has 7 nitrogen and oxygen atoms in total. The molecule has 0 bridgehead atoms. The molecule has 0 aromatic heterocycles. The van der Waals surface area contributed by atoms with E-state index in [0.717, 1.165) is 17.5 Å². The van der Waals surface area contributed by atoms with E-state index < -0.39 is 23.9 Å². The van der Waals surface area contributed by atoms with Gasteiger partial charge >= 0.3 is 11.9 Å². The van der Waals surface area contributed by atoms with Crippen LogP contribution in [0.1, 0.15) is 40.2 Å². The van der Waals surface area contributed by atoms with Gasteiger partial charge in [0.1, 0.15) is 5.75 Å². The second-order valence-corrected chi connectivity index (χ2v) is 8.68. The van der Waals surface area contributed by atoms with Gasteiger partial charge < -0.3 is 19.5 Å². The maximum atomic E-state index is 13.3. The monoisotopic (exact) mass is 503 g/mol. The van der Waals surface area contributed by atoms with Gasteiger partial charge in [-0.05, 0) is 54.7 Å². The van der Waals surface area contributed by atoms with Crippen molar-refractivity contribution in [2.75, 3.05) is 21.3 Å². The minimum absolute atomic E-state index is 0.0173.